The van der Waals surface area contributed by atoms with E-state index in [9.17, 15) is 13.2 Å². The zero-order chi connectivity index (χ0) is 25.3. The minimum Gasteiger partial charge on any atom is -0.307 e. The van der Waals surface area contributed by atoms with Crippen LogP contribution in [0, 0.1) is 18.8 Å². The summed E-state index contributed by atoms with van der Waals surface area (Å²) in [4.78, 5) is 12.3. The van der Waals surface area contributed by atoms with Gasteiger partial charge >= 0.3 is 6.03 Å². The van der Waals surface area contributed by atoms with Gasteiger partial charge in [-0.05, 0) is 67.6 Å². The zero-order valence-corrected chi connectivity index (χ0v) is 21.2. The van der Waals surface area contributed by atoms with E-state index in [2.05, 4.69) is 48.2 Å². The molecule has 1 saturated carbocycles. The van der Waals surface area contributed by atoms with Crippen LogP contribution < -0.4 is 15.0 Å². The number of hydrogen-bond donors (Lipinski definition) is 2. The van der Waals surface area contributed by atoms with Gasteiger partial charge in [-0.2, -0.15) is 5.10 Å². The molecule has 5 rings (SSSR count). The molecule has 2 aliphatic rings. The quantitative estimate of drug-likeness (QED) is 0.457. The van der Waals surface area contributed by atoms with Gasteiger partial charge in [0.25, 0.3) is 10.0 Å². The summed E-state index contributed by atoms with van der Waals surface area (Å²) >= 11 is 0. The molecule has 3 atom stereocenters. The number of urea groups is 1. The number of aryl methyl sites for hydroxylation is 1. The van der Waals surface area contributed by atoms with E-state index in [0.717, 1.165) is 18.5 Å². The van der Waals surface area contributed by atoms with E-state index in [-0.39, 0.29) is 10.9 Å². The van der Waals surface area contributed by atoms with Crippen LogP contribution in [0.15, 0.2) is 88.9 Å². The third-order valence-electron chi connectivity index (χ3n) is 6.99. The average molecular weight is 503 g/mol. The average Bonchev–Trinajstić information content (AvgIpc) is 3.26. The molecule has 0 radical (unpaired) electrons. The monoisotopic (exact) mass is 502 g/mol. The number of hydrogen-bond acceptors (Lipinski definition) is 5. The molecular weight excluding hydrogens is 472 g/mol. The van der Waals surface area contributed by atoms with Crippen molar-refractivity contribution in [1.82, 2.24) is 4.72 Å². The Labute approximate surface area is 212 Å². The van der Waals surface area contributed by atoms with Crippen molar-refractivity contribution in [2.45, 2.75) is 44.0 Å². The van der Waals surface area contributed by atoms with Crippen molar-refractivity contribution in [3.05, 3.63) is 90.0 Å². The molecule has 0 spiro atoms. The van der Waals surface area contributed by atoms with Gasteiger partial charge < -0.3 is 5.32 Å². The molecule has 1 aliphatic heterocycles. The molecule has 8 heteroatoms. The fourth-order valence-corrected chi connectivity index (χ4v) is 6.05. The van der Waals surface area contributed by atoms with Crippen LogP contribution in [0.1, 0.15) is 43.4 Å². The third kappa shape index (κ3) is 4.86. The molecule has 0 bridgehead atoms. The molecule has 7 nitrogen and oxygen atoms in total. The van der Waals surface area contributed by atoms with Gasteiger partial charge in [-0.15, -0.1) is 0 Å². The molecular formula is C28H30N4O3S. The van der Waals surface area contributed by atoms with Crippen molar-refractivity contribution in [3.8, 4) is 0 Å². The lowest BCUT2D eigenvalue weighted by molar-refractivity contribution is 0.256. The van der Waals surface area contributed by atoms with Crippen molar-refractivity contribution >= 4 is 33.1 Å². The van der Waals surface area contributed by atoms with Gasteiger partial charge in [0.15, 0.2) is 0 Å². The number of benzene rings is 3. The second kappa shape index (κ2) is 9.78. The van der Waals surface area contributed by atoms with E-state index in [1.165, 1.54) is 35.4 Å². The number of carbonyl (C=O) groups excluding carboxylic acids is 1. The molecule has 0 aromatic heterocycles. The minimum absolute atomic E-state index is 0.0129. The predicted octanol–water partition coefficient (Wildman–Crippen LogP) is 5.86. The Balaban J connectivity index is 1.39. The Morgan fingerprint density at radius 1 is 0.944 bits per heavy atom. The Morgan fingerprint density at radius 2 is 1.64 bits per heavy atom. The Morgan fingerprint density at radius 3 is 2.33 bits per heavy atom. The molecule has 3 unspecified atom stereocenters. The molecule has 2 amide bonds. The second-order valence-electron chi connectivity index (χ2n) is 9.58. The van der Waals surface area contributed by atoms with E-state index >= 15 is 0 Å². The van der Waals surface area contributed by atoms with Gasteiger partial charge in [0.2, 0.25) is 0 Å². The Kier molecular flexibility index (Phi) is 6.53. The van der Waals surface area contributed by atoms with Crippen LogP contribution in [0.2, 0.25) is 0 Å². The fraction of sp³-hybridized carbons (Fsp3) is 0.286. The van der Waals surface area contributed by atoms with E-state index in [1.807, 2.05) is 11.1 Å². The van der Waals surface area contributed by atoms with Gasteiger partial charge in [-0.3, -0.25) is 5.01 Å². The number of sulfonamides is 1. The van der Waals surface area contributed by atoms with Gasteiger partial charge in [-0.1, -0.05) is 61.4 Å². The molecule has 1 heterocycles. The van der Waals surface area contributed by atoms with Gasteiger partial charge in [0.1, 0.15) is 0 Å². The van der Waals surface area contributed by atoms with Crippen LogP contribution in [-0.2, 0) is 10.0 Å². The lowest BCUT2D eigenvalue weighted by Crippen LogP contribution is -2.34. The molecule has 3 aromatic rings. The first kappa shape index (κ1) is 24.1. The van der Waals surface area contributed by atoms with Crippen LogP contribution in [-0.4, -0.2) is 20.2 Å². The summed E-state index contributed by atoms with van der Waals surface area (Å²) in [6.45, 7) is 4.32. The lowest BCUT2D eigenvalue weighted by Gasteiger charge is -2.31. The molecule has 1 aliphatic carbocycles. The number of carbonyl (C=O) groups is 1. The summed E-state index contributed by atoms with van der Waals surface area (Å²) in [5.74, 6) is 0.761. The summed E-state index contributed by atoms with van der Waals surface area (Å²) in [6.07, 6.45) is 3.40. The first-order valence-corrected chi connectivity index (χ1v) is 13.7. The molecule has 36 heavy (non-hydrogen) atoms. The minimum atomic E-state index is -4.04. The summed E-state index contributed by atoms with van der Waals surface area (Å²) in [5, 5.41) is 9.62. The van der Waals surface area contributed by atoms with Crippen LogP contribution in [0.25, 0.3) is 0 Å². The van der Waals surface area contributed by atoms with E-state index in [4.69, 9.17) is 5.10 Å². The first-order chi connectivity index (χ1) is 17.3. The molecule has 0 saturated heterocycles. The summed E-state index contributed by atoms with van der Waals surface area (Å²) < 4.78 is 27.7. The Bertz CT molecular complexity index is 1370. The summed E-state index contributed by atoms with van der Waals surface area (Å²) in [7, 11) is -4.04. The molecule has 2 N–H and O–H groups in total. The highest BCUT2D eigenvalue weighted by molar-refractivity contribution is 7.90. The third-order valence-corrected chi connectivity index (χ3v) is 8.34. The molecule has 3 aromatic carbocycles. The molecule has 1 fully saturated rings. The maximum absolute atomic E-state index is 12.8. The maximum atomic E-state index is 12.8. The molecule has 186 valence electrons. The standard InChI is InChI=1S/C28H30N4O3S/c1-19-11-13-21(14-12-19)27-25-10-6-7-20(2)26(25)30-32(27)23-15-17-24(18-16-23)36(34,35)31-28(33)29-22-8-4-3-5-9-22/h3-5,8-9,11-18,20,25,27H,6-7,10H2,1-2H3,(H2,29,31,33). The number of nitrogens with zero attached hydrogens (tertiary/aromatic N) is 2. The van der Waals surface area contributed by atoms with Crippen molar-refractivity contribution in [3.63, 3.8) is 0 Å². The van der Waals surface area contributed by atoms with Crippen LogP contribution in [0.3, 0.4) is 0 Å². The van der Waals surface area contributed by atoms with Gasteiger partial charge in [0.05, 0.1) is 16.6 Å². The lowest BCUT2D eigenvalue weighted by atomic mass is 9.76. The van der Waals surface area contributed by atoms with Crippen LogP contribution in [0.5, 0.6) is 0 Å². The SMILES string of the molecule is Cc1ccc(C2C3CCCC(C)C3=NN2c2ccc(S(=O)(=O)NC(=O)Nc3ccccc3)cc2)cc1. The highest BCUT2D eigenvalue weighted by atomic mass is 32.2. The number of amides is 2. The summed E-state index contributed by atoms with van der Waals surface area (Å²) in [5.41, 5.74) is 4.96. The van der Waals surface area contributed by atoms with Crippen LogP contribution >= 0.6 is 0 Å². The highest BCUT2D eigenvalue weighted by Crippen LogP contribution is 2.46. The smallest absolute Gasteiger partial charge is 0.307 e. The van der Waals surface area contributed by atoms with E-state index in [0.29, 0.717) is 17.5 Å². The highest BCUT2D eigenvalue weighted by Gasteiger charge is 2.42. The van der Waals surface area contributed by atoms with E-state index in [1.54, 1.807) is 36.4 Å². The largest absolute Gasteiger partial charge is 0.333 e. The summed E-state index contributed by atoms with van der Waals surface area (Å²) in [6, 6.07) is 23.1. The predicted molar refractivity (Wildman–Crippen MR) is 143 cm³/mol. The number of nitrogens with one attached hydrogen (secondary N) is 2. The topological polar surface area (TPSA) is 90.9 Å². The van der Waals surface area contributed by atoms with Crippen molar-refractivity contribution in [1.29, 1.82) is 0 Å². The van der Waals surface area contributed by atoms with Gasteiger partial charge in [-0.25, -0.2) is 17.9 Å². The van der Waals surface area contributed by atoms with Gasteiger partial charge in [0, 0.05) is 17.3 Å². The van der Waals surface area contributed by atoms with Crippen molar-refractivity contribution < 1.29 is 13.2 Å². The number of para-hydroxylation sites is 1. The number of anilines is 2. The first-order valence-electron chi connectivity index (χ1n) is 12.2. The number of hydrazone groups is 1. The Hall–Kier alpha value is -3.65. The van der Waals surface area contributed by atoms with Crippen molar-refractivity contribution in [2.24, 2.45) is 16.9 Å². The zero-order valence-electron chi connectivity index (χ0n) is 20.4. The number of rotatable bonds is 5. The normalized spacial score (nSPS) is 21.4. The van der Waals surface area contributed by atoms with Crippen LogP contribution in [0.4, 0.5) is 16.2 Å². The second-order valence-corrected chi connectivity index (χ2v) is 11.3. The van der Waals surface area contributed by atoms with E-state index < -0.39 is 16.1 Å². The maximum Gasteiger partial charge on any atom is 0.333 e. The fourth-order valence-electron chi connectivity index (χ4n) is 5.15. The number of fused-ring (bicyclic) bond motifs is 1. The van der Waals surface area contributed by atoms with Crippen molar-refractivity contribution in [2.75, 3.05) is 10.3 Å².